The fraction of sp³-hybridized carbons (Fsp3) is 0.467. The molecule has 1 heterocycles. The minimum absolute atomic E-state index is 0.122. The van der Waals surface area contributed by atoms with Crippen LogP contribution < -0.4 is 4.90 Å². The van der Waals surface area contributed by atoms with E-state index in [1.807, 2.05) is 29.2 Å². The molecule has 0 radical (unpaired) electrons. The third-order valence-electron chi connectivity index (χ3n) is 3.42. The van der Waals surface area contributed by atoms with Crippen LogP contribution in [0, 0.1) is 0 Å². The Kier molecular flexibility index (Phi) is 4.55. The number of carbonyl (C=O) groups excluding carboxylic acids is 1. The van der Waals surface area contributed by atoms with Gasteiger partial charge in [0.1, 0.15) is 0 Å². The lowest BCUT2D eigenvalue weighted by atomic mass is 10.1. The zero-order valence-electron chi connectivity index (χ0n) is 11.0. The van der Waals surface area contributed by atoms with E-state index in [-0.39, 0.29) is 12.3 Å². The average molecular weight is 261 g/mol. The Bertz CT molecular complexity index is 470. The highest BCUT2D eigenvalue weighted by molar-refractivity contribution is 5.93. The van der Waals surface area contributed by atoms with Gasteiger partial charge in [-0.3, -0.25) is 9.59 Å². The predicted molar refractivity (Wildman–Crippen MR) is 73.2 cm³/mol. The van der Waals surface area contributed by atoms with Gasteiger partial charge in [-0.05, 0) is 37.0 Å². The summed E-state index contributed by atoms with van der Waals surface area (Å²) in [6.45, 7) is 0.765. The highest BCUT2D eigenvalue weighted by Gasteiger charge is 2.18. The number of nitrogens with zero attached hydrogens (tertiary/aromatic N) is 1. The molecule has 0 bridgehead atoms. The molecule has 0 aliphatic carbocycles. The normalized spacial score (nSPS) is 16.2. The number of amides is 1. The second kappa shape index (κ2) is 6.36. The molecule has 1 saturated heterocycles. The molecule has 4 heteroatoms. The number of benzene rings is 1. The average Bonchev–Trinajstić information content (AvgIpc) is 2.61. The predicted octanol–water partition coefficient (Wildman–Crippen LogP) is 2.61. The Balaban J connectivity index is 2.12. The lowest BCUT2D eigenvalue weighted by Crippen LogP contribution is -2.29. The minimum Gasteiger partial charge on any atom is -0.481 e. The number of rotatable bonds is 4. The van der Waals surface area contributed by atoms with Gasteiger partial charge in [-0.25, -0.2) is 0 Å². The van der Waals surface area contributed by atoms with Crippen LogP contribution in [0.4, 0.5) is 5.69 Å². The SMILES string of the molecule is O=C(O)CCc1cccc(N2CCCCCC2=O)c1. The van der Waals surface area contributed by atoms with Crippen LogP contribution in [0.25, 0.3) is 0 Å². The first-order valence-corrected chi connectivity index (χ1v) is 6.78. The first-order chi connectivity index (χ1) is 9.16. The van der Waals surface area contributed by atoms with Gasteiger partial charge in [0, 0.05) is 25.1 Å². The molecular weight excluding hydrogens is 242 g/mol. The maximum Gasteiger partial charge on any atom is 0.303 e. The maximum atomic E-state index is 12.0. The molecule has 1 aromatic carbocycles. The van der Waals surface area contributed by atoms with Crippen LogP contribution >= 0.6 is 0 Å². The summed E-state index contributed by atoms with van der Waals surface area (Å²) >= 11 is 0. The van der Waals surface area contributed by atoms with Crippen LogP contribution in [0.1, 0.15) is 37.7 Å². The summed E-state index contributed by atoms with van der Waals surface area (Å²) in [5.41, 5.74) is 1.87. The number of carboxylic acid groups (broad SMARTS) is 1. The standard InChI is InChI=1S/C15H19NO3/c17-14-7-2-1-3-10-16(14)13-6-4-5-12(11-13)8-9-15(18)19/h4-6,11H,1-3,7-10H2,(H,18,19). The van der Waals surface area contributed by atoms with Crippen molar-refractivity contribution in [1.29, 1.82) is 0 Å². The van der Waals surface area contributed by atoms with E-state index < -0.39 is 5.97 Å². The molecule has 0 aromatic heterocycles. The summed E-state index contributed by atoms with van der Waals surface area (Å²) in [4.78, 5) is 24.4. The van der Waals surface area contributed by atoms with Crippen LogP contribution in [-0.2, 0) is 16.0 Å². The van der Waals surface area contributed by atoms with Gasteiger partial charge in [0.25, 0.3) is 0 Å². The second-order valence-corrected chi connectivity index (χ2v) is 4.92. The Morgan fingerprint density at radius 2 is 2.11 bits per heavy atom. The molecule has 19 heavy (non-hydrogen) atoms. The molecule has 0 saturated carbocycles. The largest absolute Gasteiger partial charge is 0.481 e. The van der Waals surface area contributed by atoms with Gasteiger partial charge in [-0.15, -0.1) is 0 Å². The zero-order valence-corrected chi connectivity index (χ0v) is 11.0. The van der Waals surface area contributed by atoms with Gasteiger partial charge >= 0.3 is 5.97 Å². The molecule has 4 nitrogen and oxygen atoms in total. The van der Waals surface area contributed by atoms with Crippen molar-refractivity contribution in [1.82, 2.24) is 0 Å². The van der Waals surface area contributed by atoms with Crippen LogP contribution in [0.2, 0.25) is 0 Å². The van der Waals surface area contributed by atoms with Crippen molar-refractivity contribution in [3.8, 4) is 0 Å². The van der Waals surface area contributed by atoms with E-state index in [0.717, 1.165) is 37.1 Å². The number of carbonyl (C=O) groups is 2. The molecular formula is C15H19NO3. The van der Waals surface area contributed by atoms with Crippen LogP contribution in [0.15, 0.2) is 24.3 Å². The molecule has 1 fully saturated rings. The number of aliphatic carboxylic acids is 1. The second-order valence-electron chi connectivity index (χ2n) is 4.92. The van der Waals surface area contributed by atoms with E-state index in [1.54, 1.807) is 0 Å². The Hall–Kier alpha value is -1.84. The number of carboxylic acids is 1. The van der Waals surface area contributed by atoms with Crippen molar-refractivity contribution in [3.05, 3.63) is 29.8 Å². The fourth-order valence-corrected chi connectivity index (χ4v) is 2.39. The zero-order chi connectivity index (χ0) is 13.7. The van der Waals surface area contributed by atoms with Crippen LogP contribution in [0.5, 0.6) is 0 Å². The minimum atomic E-state index is -0.795. The molecule has 1 amide bonds. The fourth-order valence-electron chi connectivity index (χ4n) is 2.39. The molecule has 0 unspecified atom stereocenters. The third kappa shape index (κ3) is 3.81. The first kappa shape index (κ1) is 13.6. The van der Waals surface area contributed by atoms with Gasteiger partial charge < -0.3 is 10.0 Å². The van der Waals surface area contributed by atoms with E-state index in [9.17, 15) is 9.59 Å². The summed E-state index contributed by atoms with van der Waals surface area (Å²) in [6.07, 6.45) is 4.34. The van der Waals surface area contributed by atoms with E-state index >= 15 is 0 Å². The van der Waals surface area contributed by atoms with E-state index in [2.05, 4.69) is 0 Å². The lowest BCUT2D eigenvalue weighted by Gasteiger charge is -2.21. The van der Waals surface area contributed by atoms with Crippen LogP contribution in [-0.4, -0.2) is 23.5 Å². The molecule has 1 N–H and O–H groups in total. The molecule has 1 aromatic rings. The monoisotopic (exact) mass is 261 g/mol. The molecule has 0 spiro atoms. The Labute approximate surface area is 113 Å². The lowest BCUT2D eigenvalue weighted by molar-refractivity contribution is -0.137. The highest BCUT2D eigenvalue weighted by atomic mass is 16.4. The highest BCUT2D eigenvalue weighted by Crippen LogP contribution is 2.22. The van der Waals surface area contributed by atoms with Crippen molar-refractivity contribution in [2.45, 2.75) is 38.5 Å². The Morgan fingerprint density at radius 3 is 2.89 bits per heavy atom. The maximum absolute atomic E-state index is 12.0. The van der Waals surface area contributed by atoms with Gasteiger partial charge in [-0.2, -0.15) is 0 Å². The third-order valence-corrected chi connectivity index (χ3v) is 3.42. The van der Waals surface area contributed by atoms with Crippen molar-refractivity contribution < 1.29 is 14.7 Å². The van der Waals surface area contributed by atoms with E-state index in [1.165, 1.54) is 0 Å². The van der Waals surface area contributed by atoms with Crippen LogP contribution in [0.3, 0.4) is 0 Å². The molecule has 2 rings (SSSR count). The molecule has 1 aliphatic heterocycles. The van der Waals surface area contributed by atoms with Gasteiger partial charge in [0.15, 0.2) is 0 Å². The van der Waals surface area contributed by atoms with E-state index in [0.29, 0.717) is 12.8 Å². The molecule has 102 valence electrons. The van der Waals surface area contributed by atoms with Crippen molar-refractivity contribution >= 4 is 17.6 Å². The summed E-state index contributed by atoms with van der Waals surface area (Å²) < 4.78 is 0. The number of aryl methyl sites for hydroxylation is 1. The first-order valence-electron chi connectivity index (χ1n) is 6.78. The molecule has 1 aliphatic rings. The number of anilines is 1. The topological polar surface area (TPSA) is 57.6 Å². The van der Waals surface area contributed by atoms with Gasteiger partial charge in [-0.1, -0.05) is 18.6 Å². The number of hydrogen-bond donors (Lipinski definition) is 1. The van der Waals surface area contributed by atoms with Crippen molar-refractivity contribution in [3.63, 3.8) is 0 Å². The smallest absolute Gasteiger partial charge is 0.303 e. The van der Waals surface area contributed by atoms with Crippen molar-refractivity contribution in [2.75, 3.05) is 11.4 Å². The Morgan fingerprint density at radius 1 is 1.26 bits per heavy atom. The van der Waals surface area contributed by atoms with Crippen molar-refractivity contribution in [2.24, 2.45) is 0 Å². The van der Waals surface area contributed by atoms with Gasteiger partial charge in [0.2, 0.25) is 5.91 Å². The number of hydrogen-bond acceptors (Lipinski definition) is 2. The van der Waals surface area contributed by atoms with E-state index in [4.69, 9.17) is 5.11 Å². The molecule has 0 atom stereocenters. The summed E-state index contributed by atoms with van der Waals surface area (Å²) in [7, 11) is 0. The summed E-state index contributed by atoms with van der Waals surface area (Å²) in [5, 5.41) is 8.71. The quantitative estimate of drug-likeness (QED) is 0.906. The summed E-state index contributed by atoms with van der Waals surface area (Å²) in [6, 6.07) is 7.67. The van der Waals surface area contributed by atoms with Gasteiger partial charge in [0.05, 0.1) is 0 Å². The summed E-state index contributed by atoms with van der Waals surface area (Å²) in [5.74, 6) is -0.621.